The van der Waals surface area contributed by atoms with Gasteiger partial charge in [0.15, 0.2) is 0 Å². The molecule has 1 aliphatic rings. The van der Waals surface area contributed by atoms with Gasteiger partial charge in [-0.25, -0.2) is 13.1 Å². The van der Waals surface area contributed by atoms with E-state index >= 15 is 0 Å². The average molecular weight is 384 g/mol. The van der Waals surface area contributed by atoms with Crippen molar-refractivity contribution in [3.05, 3.63) is 29.8 Å². The minimum Gasteiger partial charge on any atom is -0.496 e. The van der Waals surface area contributed by atoms with Crippen LogP contribution in [0.2, 0.25) is 0 Å². The largest absolute Gasteiger partial charge is 0.496 e. The first-order valence-electron chi connectivity index (χ1n) is 8.90. The SMILES string of the molecule is CCN1CCC[C@H]1C[C@@](C)(NC)S(=O)(=O)NC(=O)c1ccccc1OC. The Morgan fingerprint density at radius 1 is 1.38 bits per heavy atom. The summed E-state index contributed by atoms with van der Waals surface area (Å²) in [5.74, 6) is -0.359. The number of likely N-dealkylation sites (tertiary alicyclic amines) is 1. The summed E-state index contributed by atoms with van der Waals surface area (Å²) in [6.45, 7) is 5.57. The van der Waals surface area contributed by atoms with Crippen LogP contribution in [0.5, 0.6) is 5.75 Å². The molecule has 1 saturated heterocycles. The molecule has 2 N–H and O–H groups in total. The number of sulfonamides is 1. The Labute approximate surface area is 156 Å². The van der Waals surface area contributed by atoms with Gasteiger partial charge in [0.05, 0.1) is 12.7 Å². The summed E-state index contributed by atoms with van der Waals surface area (Å²) in [6, 6.07) is 6.72. The predicted octanol–water partition coefficient (Wildman–Crippen LogP) is 1.56. The van der Waals surface area contributed by atoms with Crippen molar-refractivity contribution >= 4 is 15.9 Å². The molecule has 1 amide bonds. The van der Waals surface area contributed by atoms with E-state index in [1.807, 2.05) is 0 Å². The molecule has 26 heavy (non-hydrogen) atoms. The molecule has 0 aromatic heterocycles. The molecule has 0 radical (unpaired) electrons. The molecule has 1 aromatic rings. The van der Waals surface area contributed by atoms with Gasteiger partial charge in [-0.2, -0.15) is 0 Å². The van der Waals surface area contributed by atoms with E-state index in [0.717, 1.165) is 25.9 Å². The molecule has 0 aliphatic carbocycles. The molecule has 1 aromatic carbocycles. The van der Waals surface area contributed by atoms with Crippen LogP contribution >= 0.6 is 0 Å². The number of para-hydroxylation sites is 1. The van der Waals surface area contributed by atoms with Crippen molar-refractivity contribution in [2.24, 2.45) is 0 Å². The van der Waals surface area contributed by atoms with Gasteiger partial charge in [0.2, 0.25) is 0 Å². The number of methoxy groups -OCH3 is 1. The maximum absolute atomic E-state index is 13.0. The zero-order valence-corrected chi connectivity index (χ0v) is 16.7. The molecule has 8 heteroatoms. The highest BCUT2D eigenvalue weighted by Gasteiger charge is 2.43. The fourth-order valence-electron chi connectivity index (χ4n) is 3.46. The molecule has 0 bridgehead atoms. The number of nitrogens with zero attached hydrogens (tertiary/aromatic N) is 1. The van der Waals surface area contributed by atoms with Crippen molar-refractivity contribution < 1.29 is 17.9 Å². The van der Waals surface area contributed by atoms with Crippen LogP contribution in [0.4, 0.5) is 0 Å². The van der Waals surface area contributed by atoms with Crippen LogP contribution in [0, 0.1) is 0 Å². The number of hydrogen-bond acceptors (Lipinski definition) is 6. The molecule has 0 unspecified atom stereocenters. The van der Waals surface area contributed by atoms with E-state index in [0.29, 0.717) is 12.2 Å². The maximum atomic E-state index is 13.0. The lowest BCUT2D eigenvalue weighted by molar-refractivity contribution is 0.0976. The second kappa shape index (κ2) is 8.37. The first-order chi connectivity index (χ1) is 12.3. The van der Waals surface area contributed by atoms with E-state index in [9.17, 15) is 13.2 Å². The lowest BCUT2D eigenvalue weighted by atomic mass is 10.1. The van der Waals surface area contributed by atoms with Gasteiger partial charge in [-0.15, -0.1) is 0 Å². The van der Waals surface area contributed by atoms with Crippen molar-refractivity contribution in [2.45, 2.75) is 44.0 Å². The number of ether oxygens (including phenoxy) is 1. The highest BCUT2D eigenvalue weighted by molar-refractivity contribution is 7.91. The third-order valence-corrected chi connectivity index (χ3v) is 7.24. The van der Waals surface area contributed by atoms with Gasteiger partial charge in [0.25, 0.3) is 15.9 Å². The van der Waals surface area contributed by atoms with Gasteiger partial charge < -0.3 is 15.0 Å². The van der Waals surface area contributed by atoms with Crippen LogP contribution in [-0.2, 0) is 10.0 Å². The summed E-state index contributed by atoms with van der Waals surface area (Å²) < 4.78 is 33.4. The molecular formula is C18H29N3O4S. The molecule has 7 nitrogen and oxygen atoms in total. The number of amides is 1. The fourth-order valence-corrected chi connectivity index (χ4v) is 4.72. The molecular weight excluding hydrogens is 354 g/mol. The van der Waals surface area contributed by atoms with Gasteiger partial charge in [-0.05, 0) is 58.5 Å². The van der Waals surface area contributed by atoms with E-state index in [2.05, 4.69) is 21.9 Å². The number of rotatable bonds is 8. The van der Waals surface area contributed by atoms with Crippen LogP contribution in [0.25, 0.3) is 0 Å². The van der Waals surface area contributed by atoms with Crippen LogP contribution in [0.3, 0.4) is 0 Å². The lowest BCUT2D eigenvalue weighted by Crippen LogP contribution is -2.56. The Bertz CT molecular complexity index is 738. The molecule has 1 fully saturated rings. The molecule has 1 aliphatic heterocycles. The van der Waals surface area contributed by atoms with Crippen molar-refractivity contribution in [3.8, 4) is 5.75 Å². The Morgan fingerprint density at radius 2 is 2.08 bits per heavy atom. The summed E-state index contributed by atoms with van der Waals surface area (Å²) in [5, 5.41) is 2.92. The molecule has 2 rings (SSSR count). The summed E-state index contributed by atoms with van der Waals surface area (Å²) in [6.07, 6.45) is 2.43. The second-order valence-corrected chi connectivity index (χ2v) is 8.86. The zero-order chi connectivity index (χ0) is 19.4. The molecule has 1 heterocycles. The fraction of sp³-hybridized carbons (Fsp3) is 0.611. The quantitative estimate of drug-likeness (QED) is 0.708. The third kappa shape index (κ3) is 4.19. The van der Waals surface area contributed by atoms with E-state index in [1.165, 1.54) is 13.2 Å². The number of benzene rings is 1. The van der Waals surface area contributed by atoms with Gasteiger partial charge in [0, 0.05) is 6.04 Å². The van der Waals surface area contributed by atoms with E-state index in [1.54, 1.807) is 32.2 Å². The Kier molecular flexibility index (Phi) is 6.65. The minimum atomic E-state index is -3.96. The zero-order valence-electron chi connectivity index (χ0n) is 15.9. The smallest absolute Gasteiger partial charge is 0.268 e. The number of carbonyl (C=O) groups excluding carboxylic acids is 1. The van der Waals surface area contributed by atoms with Crippen LogP contribution in [-0.4, -0.2) is 57.4 Å². The summed E-state index contributed by atoms with van der Waals surface area (Å²) in [4.78, 5) is 13.6. The molecule has 2 atom stereocenters. The van der Waals surface area contributed by atoms with Gasteiger partial charge in [-0.1, -0.05) is 19.1 Å². The van der Waals surface area contributed by atoms with Crippen LogP contribution in [0.15, 0.2) is 24.3 Å². The summed E-state index contributed by atoms with van der Waals surface area (Å²) in [5.41, 5.74) is 0.188. The van der Waals surface area contributed by atoms with Crippen LogP contribution in [0.1, 0.15) is 43.5 Å². The summed E-state index contributed by atoms with van der Waals surface area (Å²) >= 11 is 0. The number of nitrogens with one attached hydrogen (secondary N) is 2. The van der Waals surface area contributed by atoms with Crippen molar-refractivity contribution in [1.29, 1.82) is 0 Å². The second-order valence-electron chi connectivity index (χ2n) is 6.74. The van der Waals surface area contributed by atoms with Crippen molar-refractivity contribution in [2.75, 3.05) is 27.2 Å². The van der Waals surface area contributed by atoms with Gasteiger partial charge in [-0.3, -0.25) is 4.79 Å². The number of carbonyl (C=O) groups is 1. The molecule has 0 saturated carbocycles. The van der Waals surface area contributed by atoms with E-state index in [-0.39, 0.29) is 11.6 Å². The van der Waals surface area contributed by atoms with Crippen molar-refractivity contribution in [3.63, 3.8) is 0 Å². The highest BCUT2D eigenvalue weighted by atomic mass is 32.2. The average Bonchev–Trinajstić information content (AvgIpc) is 3.07. The normalized spacial score (nSPS) is 20.5. The van der Waals surface area contributed by atoms with Gasteiger partial charge in [0.1, 0.15) is 10.6 Å². The predicted molar refractivity (Wildman–Crippen MR) is 102 cm³/mol. The van der Waals surface area contributed by atoms with E-state index < -0.39 is 20.8 Å². The minimum absolute atomic E-state index is 0.176. The Hall–Kier alpha value is -1.64. The van der Waals surface area contributed by atoms with Crippen LogP contribution < -0.4 is 14.8 Å². The molecule has 0 spiro atoms. The first-order valence-corrected chi connectivity index (χ1v) is 10.4. The van der Waals surface area contributed by atoms with Crippen molar-refractivity contribution in [1.82, 2.24) is 14.9 Å². The topological polar surface area (TPSA) is 87.7 Å². The Morgan fingerprint density at radius 3 is 2.69 bits per heavy atom. The maximum Gasteiger partial charge on any atom is 0.268 e. The summed E-state index contributed by atoms with van der Waals surface area (Å²) in [7, 11) is -0.905. The standard InChI is InChI=1S/C18H29N3O4S/c1-5-21-12-8-9-14(21)13-18(2,19-3)26(23,24)20-17(22)15-10-6-7-11-16(15)25-4/h6-7,10-11,14,19H,5,8-9,12-13H2,1-4H3,(H,20,22)/t14-,18-/m0/s1. The van der Waals surface area contributed by atoms with Gasteiger partial charge >= 0.3 is 0 Å². The first kappa shape index (κ1) is 20.7. The lowest BCUT2D eigenvalue weighted by Gasteiger charge is -2.34. The number of hydrogen-bond donors (Lipinski definition) is 2. The molecule has 146 valence electrons. The monoisotopic (exact) mass is 383 g/mol. The Balaban J connectivity index is 2.21. The van der Waals surface area contributed by atoms with E-state index in [4.69, 9.17) is 4.74 Å². The third-order valence-electron chi connectivity index (χ3n) is 5.23. The highest BCUT2D eigenvalue weighted by Crippen LogP contribution is 2.28.